The van der Waals surface area contributed by atoms with Crippen molar-refractivity contribution >= 4 is 23.8 Å². The lowest BCUT2D eigenvalue weighted by atomic mass is 9.97. The third kappa shape index (κ3) is 6.65. The first-order valence-corrected chi connectivity index (χ1v) is 11.9. The number of rotatable bonds is 8. The Bertz CT molecular complexity index is 1020. The number of carbonyl (C=O) groups excluding carboxylic acids is 2. The first-order valence-electron chi connectivity index (χ1n) is 11.9. The maximum absolute atomic E-state index is 12.8. The molecule has 0 aromatic heterocycles. The summed E-state index contributed by atoms with van der Waals surface area (Å²) in [7, 11) is 0. The fourth-order valence-corrected chi connectivity index (χ4v) is 4.28. The summed E-state index contributed by atoms with van der Waals surface area (Å²) < 4.78 is 4.96. The molecule has 0 aliphatic carbocycles. The minimum absolute atomic E-state index is 0.0137. The molecule has 0 saturated carbocycles. The predicted molar refractivity (Wildman–Crippen MR) is 131 cm³/mol. The van der Waals surface area contributed by atoms with Crippen molar-refractivity contribution in [2.75, 3.05) is 44.7 Å². The number of aliphatic hydroxyl groups excluding tert-OH is 1. The summed E-state index contributed by atoms with van der Waals surface area (Å²) in [6.45, 7) is 3.36. The highest BCUT2D eigenvalue weighted by molar-refractivity contribution is 6.04. The summed E-state index contributed by atoms with van der Waals surface area (Å²) >= 11 is 0. The van der Waals surface area contributed by atoms with E-state index in [2.05, 4.69) is 15.4 Å². The summed E-state index contributed by atoms with van der Waals surface area (Å²) in [6.07, 6.45) is 6.35. The maximum atomic E-state index is 12.8. The molecule has 2 aliphatic heterocycles. The van der Waals surface area contributed by atoms with Gasteiger partial charge in [-0.2, -0.15) is 5.10 Å². The normalized spacial score (nSPS) is 16.3. The van der Waals surface area contributed by atoms with Crippen LogP contribution in [0.3, 0.4) is 0 Å². The Hall–Kier alpha value is -3.23. The van der Waals surface area contributed by atoms with Gasteiger partial charge < -0.3 is 15.2 Å². The fraction of sp³-hybridized carbons (Fsp3) is 0.423. The van der Waals surface area contributed by atoms with E-state index in [0.29, 0.717) is 12.1 Å². The van der Waals surface area contributed by atoms with Crippen LogP contribution in [0.25, 0.3) is 0 Å². The molecule has 8 nitrogen and oxygen atoms in total. The van der Waals surface area contributed by atoms with Crippen molar-refractivity contribution in [3.63, 3.8) is 0 Å². The quantitative estimate of drug-likeness (QED) is 0.461. The third-order valence-electron chi connectivity index (χ3n) is 6.14. The first-order chi connectivity index (χ1) is 16.6. The number of carbonyl (C=O) groups is 2. The van der Waals surface area contributed by atoms with Gasteiger partial charge in [-0.25, -0.2) is 0 Å². The number of amides is 1. The zero-order valence-electron chi connectivity index (χ0n) is 19.4. The van der Waals surface area contributed by atoms with Gasteiger partial charge in [-0.1, -0.05) is 18.2 Å². The zero-order valence-corrected chi connectivity index (χ0v) is 19.4. The molecule has 0 atom stereocenters. The third-order valence-corrected chi connectivity index (χ3v) is 6.14. The van der Waals surface area contributed by atoms with Crippen LogP contribution in [0.2, 0.25) is 0 Å². The number of hydrogen-bond donors (Lipinski definition) is 2. The largest absolute Gasteiger partial charge is 0.462 e. The van der Waals surface area contributed by atoms with Gasteiger partial charge in [0.1, 0.15) is 6.61 Å². The predicted octanol–water partition coefficient (Wildman–Crippen LogP) is 2.65. The number of piperidine rings is 1. The Morgan fingerprint density at radius 1 is 1.03 bits per heavy atom. The van der Waals surface area contributed by atoms with Crippen LogP contribution in [0.1, 0.15) is 46.3 Å². The molecule has 1 saturated heterocycles. The summed E-state index contributed by atoms with van der Waals surface area (Å²) in [6, 6.07) is 13.4. The topological polar surface area (TPSA) is 94.5 Å². The van der Waals surface area contributed by atoms with E-state index in [0.717, 1.165) is 42.9 Å². The van der Waals surface area contributed by atoms with Crippen LogP contribution in [-0.2, 0) is 22.5 Å². The Balaban J connectivity index is 1.33. The van der Waals surface area contributed by atoms with Crippen LogP contribution in [0, 0.1) is 0 Å². The van der Waals surface area contributed by atoms with Crippen LogP contribution < -0.4 is 5.32 Å². The van der Waals surface area contributed by atoms with E-state index in [1.807, 2.05) is 53.6 Å². The van der Waals surface area contributed by atoms with Crippen molar-refractivity contribution in [3.8, 4) is 0 Å². The first kappa shape index (κ1) is 23.9. The second kappa shape index (κ2) is 11.8. The molecule has 2 aromatic carbocycles. The van der Waals surface area contributed by atoms with E-state index < -0.39 is 0 Å². The Morgan fingerprint density at radius 2 is 1.82 bits per heavy atom. The molecule has 2 aliphatic rings. The van der Waals surface area contributed by atoms with E-state index >= 15 is 0 Å². The number of hydrazone groups is 1. The van der Waals surface area contributed by atoms with Gasteiger partial charge in [0.2, 0.25) is 0 Å². The number of ether oxygens (including phenoxy) is 1. The SMILES string of the molecule is O=C(CN1CCc2ccc(C(=O)Nc3ccc(C=NN4CCCCC4)cc3)cc2C1)OCCO. The van der Waals surface area contributed by atoms with Gasteiger partial charge in [0.15, 0.2) is 0 Å². The van der Waals surface area contributed by atoms with Crippen LogP contribution in [0.15, 0.2) is 47.6 Å². The second-order valence-electron chi connectivity index (χ2n) is 8.72. The zero-order chi connectivity index (χ0) is 23.8. The molecule has 0 spiro atoms. The maximum Gasteiger partial charge on any atom is 0.320 e. The smallest absolute Gasteiger partial charge is 0.320 e. The summed E-state index contributed by atoms with van der Waals surface area (Å²) in [5, 5.41) is 18.4. The lowest BCUT2D eigenvalue weighted by Gasteiger charge is -2.28. The molecule has 1 amide bonds. The Labute approximate surface area is 200 Å². The number of fused-ring (bicyclic) bond motifs is 1. The van der Waals surface area contributed by atoms with Gasteiger partial charge in [-0.3, -0.25) is 19.5 Å². The van der Waals surface area contributed by atoms with Gasteiger partial charge >= 0.3 is 5.97 Å². The number of anilines is 1. The van der Waals surface area contributed by atoms with Crippen molar-refractivity contribution in [1.29, 1.82) is 0 Å². The molecule has 2 heterocycles. The van der Waals surface area contributed by atoms with Crippen LogP contribution in [0.4, 0.5) is 5.69 Å². The number of nitrogens with one attached hydrogen (secondary N) is 1. The number of aliphatic hydroxyl groups is 1. The highest BCUT2D eigenvalue weighted by Gasteiger charge is 2.20. The molecule has 34 heavy (non-hydrogen) atoms. The van der Waals surface area contributed by atoms with Crippen molar-refractivity contribution < 1.29 is 19.4 Å². The van der Waals surface area contributed by atoms with Crippen molar-refractivity contribution in [1.82, 2.24) is 9.91 Å². The molecule has 0 bridgehead atoms. The molecular formula is C26H32N4O4. The van der Waals surface area contributed by atoms with Gasteiger partial charge in [0.25, 0.3) is 5.91 Å². The number of esters is 1. The van der Waals surface area contributed by atoms with E-state index in [9.17, 15) is 9.59 Å². The van der Waals surface area contributed by atoms with Crippen LogP contribution in [-0.4, -0.2) is 72.5 Å². The molecule has 180 valence electrons. The molecule has 2 N–H and O–H groups in total. The average molecular weight is 465 g/mol. The molecule has 1 fully saturated rings. The second-order valence-corrected chi connectivity index (χ2v) is 8.72. The highest BCUT2D eigenvalue weighted by atomic mass is 16.5. The summed E-state index contributed by atoms with van der Waals surface area (Å²) in [5.74, 6) is -0.521. The van der Waals surface area contributed by atoms with E-state index in [1.54, 1.807) is 0 Å². The van der Waals surface area contributed by atoms with Gasteiger partial charge in [0.05, 0.1) is 19.4 Å². The minimum Gasteiger partial charge on any atom is -0.462 e. The van der Waals surface area contributed by atoms with E-state index in [-0.39, 0.29) is 31.6 Å². The number of hydrogen-bond acceptors (Lipinski definition) is 7. The van der Waals surface area contributed by atoms with Crippen LogP contribution in [0.5, 0.6) is 0 Å². The minimum atomic E-state index is -0.351. The molecule has 8 heteroatoms. The van der Waals surface area contributed by atoms with E-state index in [4.69, 9.17) is 9.84 Å². The van der Waals surface area contributed by atoms with E-state index in [1.165, 1.54) is 24.8 Å². The molecule has 0 unspecified atom stereocenters. The standard InChI is InChI=1S/C26H32N4O4/c31-14-15-34-25(32)19-29-13-10-21-6-7-22(16-23(21)18-29)26(33)28-24-8-4-20(5-9-24)17-27-30-11-2-1-3-12-30/h4-9,16-17,31H,1-3,10-15,18-19H2,(H,28,33). The molecule has 0 radical (unpaired) electrons. The number of nitrogens with zero attached hydrogens (tertiary/aromatic N) is 3. The molecule has 2 aromatic rings. The highest BCUT2D eigenvalue weighted by Crippen LogP contribution is 2.21. The molecule has 4 rings (SSSR count). The molecular weight excluding hydrogens is 432 g/mol. The van der Waals surface area contributed by atoms with Crippen LogP contribution >= 0.6 is 0 Å². The Kier molecular flexibility index (Phi) is 8.27. The summed E-state index contributed by atoms with van der Waals surface area (Å²) in [4.78, 5) is 26.7. The summed E-state index contributed by atoms with van der Waals surface area (Å²) in [5.41, 5.74) is 4.53. The average Bonchev–Trinajstić information content (AvgIpc) is 2.87. The fourth-order valence-electron chi connectivity index (χ4n) is 4.28. The van der Waals surface area contributed by atoms with Crippen molar-refractivity contribution in [2.45, 2.75) is 32.2 Å². The lowest BCUT2D eigenvalue weighted by molar-refractivity contribution is -0.146. The monoisotopic (exact) mass is 464 g/mol. The Morgan fingerprint density at radius 3 is 2.59 bits per heavy atom. The number of benzene rings is 2. The van der Waals surface area contributed by atoms with Gasteiger partial charge in [0, 0.05) is 37.4 Å². The van der Waals surface area contributed by atoms with Gasteiger partial charge in [-0.15, -0.1) is 0 Å². The van der Waals surface area contributed by atoms with Crippen molar-refractivity contribution in [2.24, 2.45) is 5.10 Å². The lowest BCUT2D eigenvalue weighted by Crippen LogP contribution is -2.36. The van der Waals surface area contributed by atoms with Gasteiger partial charge in [-0.05, 0) is 66.6 Å². The van der Waals surface area contributed by atoms with Crippen molar-refractivity contribution in [3.05, 3.63) is 64.7 Å².